The molecule has 0 bridgehead atoms. The zero-order chi connectivity index (χ0) is 17.2. The molecule has 0 atom stereocenters. The van der Waals surface area contributed by atoms with E-state index in [0.717, 1.165) is 11.4 Å². The Kier molecular flexibility index (Phi) is 4.59. The minimum Gasteiger partial charge on any atom is -0.486 e. The Labute approximate surface area is 141 Å². The van der Waals surface area contributed by atoms with Crippen molar-refractivity contribution in [3.05, 3.63) is 42.1 Å². The molecule has 1 N–H and O–H groups in total. The standard InChI is InChI=1S/C16H19N3O4S/c1-19(2)16-9-12(5-6-17-16)11-18-24(20,21)13-3-4-14-15(10-13)23-8-7-22-14/h3-6,9-10,18H,7-8,11H2,1-2H3. The highest BCUT2D eigenvalue weighted by atomic mass is 32.2. The smallest absolute Gasteiger partial charge is 0.241 e. The number of ether oxygens (including phenoxy) is 2. The van der Waals surface area contributed by atoms with Gasteiger partial charge in [-0.1, -0.05) is 0 Å². The van der Waals surface area contributed by atoms with Crippen LogP contribution in [-0.4, -0.2) is 40.7 Å². The van der Waals surface area contributed by atoms with Crippen LogP contribution in [0.4, 0.5) is 5.82 Å². The number of rotatable bonds is 5. The number of sulfonamides is 1. The van der Waals surface area contributed by atoms with Crippen LogP contribution in [0, 0.1) is 0 Å². The third-order valence-electron chi connectivity index (χ3n) is 3.56. The zero-order valence-corrected chi connectivity index (χ0v) is 14.3. The van der Waals surface area contributed by atoms with Crippen molar-refractivity contribution in [3.8, 4) is 11.5 Å². The molecule has 0 spiro atoms. The summed E-state index contributed by atoms with van der Waals surface area (Å²) in [6.45, 7) is 1.06. The predicted octanol–water partition coefficient (Wildman–Crippen LogP) is 1.40. The van der Waals surface area contributed by atoms with Crippen LogP contribution in [0.1, 0.15) is 5.56 Å². The molecule has 128 valence electrons. The third kappa shape index (κ3) is 3.60. The Morgan fingerprint density at radius 1 is 1.12 bits per heavy atom. The maximum absolute atomic E-state index is 12.5. The maximum Gasteiger partial charge on any atom is 0.241 e. The normalized spacial score (nSPS) is 13.6. The molecule has 24 heavy (non-hydrogen) atoms. The summed E-state index contributed by atoms with van der Waals surface area (Å²) < 4.78 is 38.4. The van der Waals surface area contributed by atoms with Crippen LogP contribution in [0.2, 0.25) is 0 Å². The van der Waals surface area contributed by atoms with Gasteiger partial charge in [0, 0.05) is 32.9 Å². The van der Waals surface area contributed by atoms with Gasteiger partial charge in [0.2, 0.25) is 10.0 Å². The minimum absolute atomic E-state index is 0.147. The first-order valence-electron chi connectivity index (χ1n) is 7.47. The summed E-state index contributed by atoms with van der Waals surface area (Å²) in [5.74, 6) is 1.78. The highest BCUT2D eigenvalue weighted by molar-refractivity contribution is 7.89. The first-order valence-corrected chi connectivity index (χ1v) is 8.95. The number of hydrogen-bond donors (Lipinski definition) is 1. The van der Waals surface area contributed by atoms with E-state index in [4.69, 9.17) is 9.47 Å². The number of benzene rings is 1. The Morgan fingerprint density at radius 2 is 1.88 bits per heavy atom. The summed E-state index contributed by atoms with van der Waals surface area (Å²) in [4.78, 5) is 6.21. The van der Waals surface area contributed by atoms with Crippen LogP contribution in [0.3, 0.4) is 0 Å². The fourth-order valence-electron chi connectivity index (χ4n) is 2.27. The zero-order valence-electron chi connectivity index (χ0n) is 13.5. The van der Waals surface area contributed by atoms with E-state index in [1.165, 1.54) is 12.1 Å². The van der Waals surface area contributed by atoms with Crippen LogP contribution < -0.4 is 19.1 Å². The number of anilines is 1. The molecule has 1 aromatic carbocycles. The molecular weight excluding hydrogens is 330 g/mol. The van der Waals surface area contributed by atoms with Gasteiger partial charge < -0.3 is 14.4 Å². The fourth-order valence-corrected chi connectivity index (χ4v) is 3.30. The SMILES string of the molecule is CN(C)c1cc(CNS(=O)(=O)c2ccc3c(c2)OCCO3)ccn1. The molecule has 0 radical (unpaired) electrons. The molecule has 0 unspecified atom stereocenters. The van der Waals surface area contributed by atoms with Crippen molar-refractivity contribution in [2.24, 2.45) is 0 Å². The minimum atomic E-state index is -3.64. The highest BCUT2D eigenvalue weighted by Crippen LogP contribution is 2.32. The largest absolute Gasteiger partial charge is 0.486 e. The van der Waals surface area contributed by atoms with Gasteiger partial charge in [-0.3, -0.25) is 0 Å². The second-order valence-electron chi connectivity index (χ2n) is 5.55. The summed E-state index contributed by atoms with van der Waals surface area (Å²) in [6.07, 6.45) is 1.66. The van der Waals surface area contributed by atoms with Crippen LogP contribution >= 0.6 is 0 Å². The van der Waals surface area contributed by atoms with E-state index in [9.17, 15) is 8.42 Å². The summed E-state index contributed by atoms with van der Waals surface area (Å²) in [5.41, 5.74) is 0.829. The molecule has 1 aliphatic rings. The van der Waals surface area contributed by atoms with Gasteiger partial charge in [-0.25, -0.2) is 18.1 Å². The van der Waals surface area contributed by atoms with E-state index in [-0.39, 0.29) is 11.4 Å². The lowest BCUT2D eigenvalue weighted by Gasteiger charge is -2.19. The first kappa shape index (κ1) is 16.5. The van der Waals surface area contributed by atoms with Gasteiger partial charge in [0.15, 0.2) is 11.5 Å². The van der Waals surface area contributed by atoms with Crippen molar-refractivity contribution in [1.29, 1.82) is 0 Å². The van der Waals surface area contributed by atoms with Crippen LogP contribution in [0.5, 0.6) is 11.5 Å². The number of pyridine rings is 1. The lowest BCUT2D eigenvalue weighted by atomic mass is 10.2. The molecular formula is C16H19N3O4S. The second kappa shape index (κ2) is 6.66. The van der Waals surface area contributed by atoms with E-state index < -0.39 is 10.0 Å². The summed E-state index contributed by atoms with van der Waals surface area (Å²) in [5, 5.41) is 0. The maximum atomic E-state index is 12.5. The Bertz CT molecular complexity index is 837. The van der Waals surface area contributed by atoms with Crippen molar-refractivity contribution < 1.29 is 17.9 Å². The molecule has 0 saturated carbocycles. The van der Waals surface area contributed by atoms with E-state index in [2.05, 4.69) is 9.71 Å². The topological polar surface area (TPSA) is 80.8 Å². The van der Waals surface area contributed by atoms with E-state index >= 15 is 0 Å². The van der Waals surface area contributed by atoms with Crippen molar-refractivity contribution in [1.82, 2.24) is 9.71 Å². The number of nitrogens with one attached hydrogen (secondary N) is 1. The van der Waals surface area contributed by atoms with Gasteiger partial charge in [-0.2, -0.15) is 0 Å². The molecule has 1 aromatic heterocycles. The van der Waals surface area contributed by atoms with E-state index in [0.29, 0.717) is 24.7 Å². The molecule has 2 aromatic rings. The average Bonchev–Trinajstić information content (AvgIpc) is 2.60. The number of aromatic nitrogens is 1. The first-order chi connectivity index (χ1) is 11.5. The Morgan fingerprint density at radius 3 is 2.62 bits per heavy atom. The van der Waals surface area contributed by atoms with E-state index in [1.807, 2.05) is 25.1 Å². The third-order valence-corrected chi connectivity index (χ3v) is 4.96. The lowest BCUT2D eigenvalue weighted by molar-refractivity contribution is 0.171. The number of fused-ring (bicyclic) bond motifs is 1. The van der Waals surface area contributed by atoms with Gasteiger partial charge in [-0.05, 0) is 29.8 Å². The molecule has 0 saturated heterocycles. The summed E-state index contributed by atoms with van der Waals surface area (Å²) in [7, 11) is 0.116. The van der Waals surface area contributed by atoms with Gasteiger partial charge in [0.05, 0.1) is 4.90 Å². The highest BCUT2D eigenvalue weighted by Gasteiger charge is 2.19. The molecule has 0 aliphatic carbocycles. The van der Waals surface area contributed by atoms with Gasteiger partial charge in [-0.15, -0.1) is 0 Å². The quantitative estimate of drug-likeness (QED) is 0.879. The molecule has 1 aliphatic heterocycles. The van der Waals surface area contributed by atoms with Crippen molar-refractivity contribution >= 4 is 15.8 Å². The lowest BCUT2D eigenvalue weighted by Crippen LogP contribution is -2.24. The van der Waals surface area contributed by atoms with Crippen LogP contribution in [-0.2, 0) is 16.6 Å². The summed E-state index contributed by atoms with van der Waals surface area (Å²) in [6, 6.07) is 8.22. The molecule has 2 heterocycles. The van der Waals surface area contributed by atoms with Crippen molar-refractivity contribution in [2.75, 3.05) is 32.2 Å². The van der Waals surface area contributed by atoms with Crippen LogP contribution in [0.15, 0.2) is 41.4 Å². The molecule has 7 nitrogen and oxygen atoms in total. The average molecular weight is 349 g/mol. The molecule has 8 heteroatoms. The van der Waals surface area contributed by atoms with Crippen LogP contribution in [0.25, 0.3) is 0 Å². The van der Waals surface area contributed by atoms with Gasteiger partial charge in [0.1, 0.15) is 19.0 Å². The molecule has 0 amide bonds. The Hall–Kier alpha value is -2.32. The van der Waals surface area contributed by atoms with E-state index in [1.54, 1.807) is 18.3 Å². The number of hydrogen-bond acceptors (Lipinski definition) is 6. The fraction of sp³-hybridized carbons (Fsp3) is 0.312. The van der Waals surface area contributed by atoms with Crippen molar-refractivity contribution in [3.63, 3.8) is 0 Å². The summed E-state index contributed by atoms with van der Waals surface area (Å²) >= 11 is 0. The number of nitrogens with zero attached hydrogens (tertiary/aromatic N) is 2. The van der Waals surface area contributed by atoms with Crippen molar-refractivity contribution in [2.45, 2.75) is 11.4 Å². The molecule has 3 rings (SSSR count). The monoisotopic (exact) mass is 349 g/mol. The Balaban J connectivity index is 1.75. The molecule has 0 fully saturated rings. The van der Waals surface area contributed by atoms with Gasteiger partial charge in [0.25, 0.3) is 0 Å². The second-order valence-corrected chi connectivity index (χ2v) is 7.31. The predicted molar refractivity (Wildman–Crippen MR) is 90.0 cm³/mol. The van der Waals surface area contributed by atoms with Gasteiger partial charge >= 0.3 is 0 Å².